The first-order valence-corrected chi connectivity index (χ1v) is 11.1. The summed E-state index contributed by atoms with van der Waals surface area (Å²) in [6.07, 6.45) is 0.860. The van der Waals surface area contributed by atoms with Gasteiger partial charge in [-0.2, -0.15) is 0 Å². The lowest BCUT2D eigenvalue weighted by atomic mass is 9.94. The Hall–Kier alpha value is -3.65. The average molecular weight is 468 g/mol. The maximum Gasteiger partial charge on any atom is 0.308 e. The number of carbonyl (C=O) groups excluding carboxylic acids is 3. The van der Waals surface area contributed by atoms with Crippen LogP contribution in [0.15, 0.2) is 48.0 Å². The number of aliphatic hydroxyl groups is 1. The second kappa shape index (κ2) is 11.0. The molecule has 0 aromatic heterocycles. The van der Waals surface area contributed by atoms with Crippen molar-refractivity contribution in [2.45, 2.75) is 33.2 Å². The molecule has 34 heavy (non-hydrogen) atoms. The number of likely N-dealkylation sites (tertiary alicyclic amines) is 1. The number of ether oxygens (including phenoxy) is 3. The molecule has 1 aliphatic heterocycles. The van der Waals surface area contributed by atoms with Crippen molar-refractivity contribution < 1.29 is 33.7 Å². The van der Waals surface area contributed by atoms with Crippen LogP contribution in [0.25, 0.3) is 5.76 Å². The first kappa shape index (κ1) is 25.0. The molecule has 2 aromatic carbocycles. The summed E-state index contributed by atoms with van der Waals surface area (Å²) in [5.74, 6) is -1.35. The van der Waals surface area contributed by atoms with Crippen LogP contribution in [-0.4, -0.2) is 54.5 Å². The summed E-state index contributed by atoms with van der Waals surface area (Å²) < 4.78 is 16.0. The van der Waals surface area contributed by atoms with E-state index in [1.807, 2.05) is 13.8 Å². The molecule has 1 saturated heterocycles. The van der Waals surface area contributed by atoms with Gasteiger partial charge < -0.3 is 24.2 Å². The fraction of sp³-hybridized carbons (Fsp3) is 0.346. The molecule has 0 saturated carbocycles. The van der Waals surface area contributed by atoms with Crippen LogP contribution in [0.1, 0.15) is 43.0 Å². The number of ketones is 1. The molecule has 1 N–H and O–H groups in total. The maximum absolute atomic E-state index is 13.1. The number of methoxy groups -OCH3 is 1. The molecule has 1 atom stereocenters. The van der Waals surface area contributed by atoms with E-state index < -0.39 is 23.7 Å². The number of esters is 1. The van der Waals surface area contributed by atoms with Gasteiger partial charge in [-0.1, -0.05) is 19.1 Å². The molecule has 8 nitrogen and oxygen atoms in total. The summed E-state index contributed by atoms with van der Waals surface area (Å²) in [5, 5.41) is 11.2. The predicted octanol–water partition coefficient (Wildman–Crippen LogP) is 3.78. The van der Waals surface area contributed by atoms with Gasteiger partial charge in [0, 0.05) is 26.1 Å². The van der Waals surface area contributed by atoms with Crippen LogP contribution in [0.5, 0.6) is 11.5 Å². The van der Waals surface area contributed by atoms with Crippen molar-refractivity contribution in [3.8, 4) is 11.5 Å². The standard InChI is InChI=1S/C26H29NO7/c1-5-12-33-21-10-9-19(14-16(21)2)24(29)22-23(27(11-13-32-4)26(31)25(22)30)18-7-6-8-20(15-18)34-17(3)28/h6-10,14-15,23,29H,5,11-13H2,1-4H3/b24-22+. The molecule has 0 spiro atoms. The van der Waals surface area contributed by atoms with Crippen molar-refractivity contribution in [3.63, 3.8) is 0 Å². The third kappa shape index (κ3) is 5.28. The molecule has 0 radical (unpaired) electrons. The minimum atomic E-state index is -0.873. The molecule has 8 heteroatoms. The largest absolute Gasteiger partial charge is 0.507 e. The molecular formula is C26H29NO7. The van der Waals surface area contributed by atoms with Gasteiger partial charge in [0.25, 0.3) is 11.7 Å². The summed E-state index contributed by atoms with van der Waals surface area (Å²) in [5.41, 5.74) is 1.67. The van der Waals surface area contributed by atoms with Crippen LogP contribution in [-0.2, 0) is 19.1 Å². The van der Waals surface area contributed by atoms with Crippen LogP contribution >= 0.6 is 0 Å². The first-order valence-electron chi connectivity index (χ1n) is 11.1. The minimum Gasteiger partial charge on any atom is -0.507 e. The van der Waals surface area contributed by atoms with E-state index in [-0.39, 0.29) is 30.2 Å². The Morgan fingerprint density at radius 1 is 1.12 bits per heavy atom. The van der Waals surface area contributed by atoms with Crippen molar-refractivity contribution in [2.75, 3.05) is 26.9 Å². The van der Waals surface area contributed by atoms with Gasteiger partial charge in [0.2, 0.25) is 0 Å². The minimum absolute atomic E-state index is 0.0392. The Bertz CT molecular complexity index is 1120. The normalized spacial score (nSPS) is 17.2. The molecule has 1 unspecified atom stereocenters. The number of nitrogens with zero attached hydrogens (tertiary/aromatic N) is 1. The molecule has 0 bridgehead atoms. The number of hydrogen-bond donors (Lipinski definition) is 1. The van der Waals surface area contributed by atoms with Gasteiger partial charge in [0.15, 0.2) is 0 Å². The summed E-state index contributed by atoms with van der Waals surface area (Å²) in [6.45, 7) is 6.05. The lowest BCUT2D eigenvalue weighted by Gasteiger charge is -2.25. The topological polar surface area (TPSA) is 102 Å². The Kier molecular flexibility index (Phi) is 8.07. The number of carbonyl (C=O) groups is 3. The monoisotopic (exact) mass is 467 g/mol. The molecular weight excluding hydrogens is 438 g/mol. The summed E-state index contributed by atoms with van der Waals surface area (Å²) in [7, 11) is 1.50. The van der Waals surface area contributed by atoms with Crippen LogP contribution in [0.4, 0.5) is 0 Å². The highest BCUT2D eigenvalue weighted by molar-refractivity contribution is 6.46. The van der Waals surface area contributed by atoms with Gasteiger partial charge in [-0.05, 0) is 54.8 Å². The highest BCUT2D eigenvalue weighted by Gasteiger charge is 2.46. The summed E-state index contributed by atoms with van der Waals surface area (Å²) in [6, 6.07) is 10.8. The smallest absolute Gasteiger partial charge is 0.308 e. The van der Waals surface area contributed by atoms with Gasteiger partial charge in [-0.25, -0.2) is 0 Å². The van der Waals surface area contributed by atoms with Crippen LogP contribution in [0.2, 0.25) is 0 Å². The summed E-state index contributed by atoms with van der Waals surface area (Å²) in [4.78, 5) is 38.8. The second-order valence-corrected chi connectivity index (χ2v) is 7.98. The van der Waals surface area contributed by atoms with Crippen molar-refractivity contribution in [1.82, 2.24) is 4.90 Å². The highest BCUT2D eigenvalue weighted by atomic mass is 16.5. The van der Waals surface area contributed by atoms with Crippen LogP contribution < -0.4 is 9.47 Å². The third-order valence-electron chi connectivity index (χ3n) is 5.42. The van der Waals surface area contributed by atoms with Crippen LogP contribution in [0.3, 0.4) is 0 Å². The maximum atomic E-state index is 13.1. The Labute approximate surface area is 198 Å². The number of aryl methyl sites for hydroxylation is 1. The fourth-order valence-corrected chi connectivity index (χ4v) is 3.89. The van der Waals surface area contributed by atoms with Gasteiger partial charge in [-0.15, -0.1) is 0 Å². The van der Waals surface area contributed by atoms with E-state index in [4.69, 9.17) is 14.2 Å². The van der Waals surface area contributed by atoms with Crippen molar-refractivity contribution >= 4 is 23.4 Å². The Balaban J connectivity index is 2.11. The lowest BCUT2D eigenvalue weighted by Crippen LogP contribution is -2.32. The molecule has 1 fully saturated rings. The molecule has 2 aromatic rings. The number of Topliss-reactive ketones (excluding diaryl/α,β-unsaturated/α-hetero) is 1. The molecule has 1 heterocycles. The zero-order valence-corrected chi connectivity index (χ0v) is 19.8. The lowest BCUT2D eigenvalue weighted by molar-refractivity contribution is -0.140. The number of hydrogen-bond acceptors (Lipinski definition) is 7. The van der Waals surface area contributed by atoms with E-state index in [0.717, 1.165) is 12.0 Å². The number of amides is 1. The molecule has 0 aliphatic carbocycles. The van der Waals surface area contributed by atoms with Crippen molar-refractivity contribution in [2.24, 2.45) is 0 Å². The van der Waals surface area contributed by atoms with E-state index >= 15 is 0 Å². The van der Waals surface area contributed by atoms with Crippen molar-refractivity contribution in [1.29, 1.82) is 0 Å². The zero-order valence-electron chi connectivity index (χ0n) is 19.8. The van der Waals surface area contributed by atoms with Gasteiger partial charge in [-0.3, -0.25) is 14.4 Å². The van der Waals surface area contributed by atoms with Gasteiger partial charge >= 0.3 is 5.97 Å². The van der Waals surface area contributed by atoms with Crippen LogP contribution in [0, 0.1) is 6.92 Å². The molecule has 180 valence electrons. The molecule has 1 amide bonds. The Morgan fingerprint density at radius 3 is 2.53 bits per heavy atom. The third-order valence-corrected chi connectivity index (χ3v) is 5.42. The van der Waals surface area contributed by atoms with E-state index in [2.05, 4.69) is 0 Å². The molecule has 1 aliphatic rings. The summed E-state index contributed by atoms with van der Waals surface area (Å²) >= 11 is 0. The van der Waals surface area contributed by atoms with E-state index in [1.165, 1.54) is 18.9 Å². The van der Waals surface area contributed by atoms with Crippen molar-refractivity contribution in [3.05, 3.63) is 64.7 Å². The molecule has 3 rings (SSSR count). The Morgan fingerprint density at radius 2 is 1.88 bits per heavy atom. The fourth-order valence-electron chi connectivity index (χ4n) is 3.89. The number of benzene rings is 2. The van der Waals surface area contributed by atoms with Gasteiger partial charge in [0.05, 0.1) is 24.8 Å². The quantitative estimate of drug-likeness (QED) is 0.197. The van der Waals surface area contributed by atoms with E-state index in [0.29, 0.717) is 23.5 Å². The van der Waals surface area contributed by atoms with Gasteiger partial charge in [0.1, 0.15) is 17.3 Å². The average Bonchev–Trinajstić information content (AvgIpc) is 3.06. The predicted molar refractivity (Wildman–Crippen MR) is 126 cm³/mol. The second-order valence-electron chi connectivity index (χ2n) is 7.98. The number of aliphatic hydroxyl groups excluding tert-OH is 1. The van der Waals surface area contributed by atoms with E-state index in [1.54, 1.807) is 42.5 Å². The SMILES string of the molecule is CCCOc1ccc(/C(O)=C2\C(=O)C(=O)N(CCOC)C2c2cccc(OC(C)=O)c2)cc1C. The van der Waals surface area contributed by atoms with E-state index in [9.17, 15) is 19.5 Å². The highest BCUT2D eigenvalue weighted by Crippen LogP contribution is 2.40. The number of rotatable bonds is 9. The first-order chi connectivity index (χ1) is 16.3. The zero-order chi connectivity index (χ0) is 24.8.